The molecule has 1 amide bonds. The van der Waals surface area contributed by atoms with Crippen LogP contribution in [0.4, 0.5) is 5.13 Å². The van der Waals surface area contributed by atoms with Gasteiger partial charge in [-0.25, -0.2) is 4.98 Å². The smallest absolute Gasteiger partial charge is 0.240 e. The van der Waals surface area contributed by atoms with Gasteiger partial charge >= 0.3 is 0 Å². The lowest BCUT2D eigenvalue weighted by molar-refractivity contribution is -0.117. The van der Waals surface area contributed by atoms with E-state index in [0.717, 1.165) is 31.7 Å². The molecule has 1 aromatic rings. The van der Waals surface area contributed by atoms with E-state index in [0.29, 0.717) is 17.7 Å². The van der Waals surface area contributed by atoms with Crippen LogP contribution in [0.15, 0.2) is 5.38 Å². The number of nitrogens with one attached hydrogen (secondary N) is 2. The van der Waals surface area contributed by atoms with E-state index in [2.05, 4.69) is 27.4 Å². The van der Waals surface area contributed by atoms with Crippen molar-refractivity contribution in [3.63, 3.8) is 0 Å². The second-order valence-corrected chi connectivity index (χ2v) is 6.23. The van der Waals surface area contributed by atoms with Crippen molar-refractivity contribution in [2.24, 2.45) is 0 Å². The number of amides is 1. The molecule has 0 saturated carbocycles. The Labute approximate surface area is 124 Å². The van der Waals surface area contributed by atoms with Crippen LogP contribution in [0.5, 0.6) is 0 Å². The highest BCUT2D eigenvalue weighted by molar-refractivity contribution is 7.13. The molecule has 2 rings (SSSR count). The molecule has 2 heterocycles. The summed E-state index contributed by atoms with van der Waals surface area (Å²) in [5.41, 5.74) is 0.950. The molecule has 112 valence electrons. The van der Waals surface area contributed by atoms with Crippen molar-refractivity contribution < 1.29 is 4.79 Å². The van der Waals surface area contributed by atoms with E-state index in [4.69, 9.17) is 0 Å². The summed E-state index contributed by atoms with van der Waals surface area (Å²) in [5, 5.41) is 9.01. The van der Waals surface area contributed by atoms with Crippen molar-refractivity contribution in [1.82, 2.24) is 15.2 Å². The van der Waals surface area contributed by atoms with Crippen LogP contribution in [-0.4, -0.2) is 48.0 Å². The summed E-state index contributed by atoms with van der Waals surface area (Å²) in [7, 11) is 0. The molecule has 6 heteroatoms. The highest BCUT2D eigenvalue weighted by Crippen LogP contribution is 2.14. The molecule has 1 atom stereocenters. The number of aryl methyl sites for hydroxylation is 1. The van der Waals surface area contributed by atoms with Gasteiger partial charge in [-0.3, -0.25) is 9.69 Å². The first-order valence-corrected chi connectivity index (χ1v) is 8.23. The molecule has 5 nitrogen and oxygen atoms in total. The molecule has 0 radical (unpaired) electrons. The van der Waals surface area contributed by atoms with E-state index < -0.39 is 0 Å². The summed E-state index contributed by atoms with van der Waals surface area (Å²) < 4.78 is 0. The van der Waals surface area contributed by atoms with Crippen molar-refractivity contribution >= 4 is 22.4 Å². The van der Waals surface area contributed by atoms with Crippen LogP contribution >= 0.6 is 11.3 Å². The topological polar surface area (TPSA) is 57.3 Å². The van der Waals surface area contributed by atoms with Gasteiger partial charge in [0.15, 0.2) is 5.13 Å². The SMILES string of the molecule is CCCN(CC(=O)Nc1nc(C)cs1)CC1CCCN1. The monoisotopic (exact) mass is 296 g/mol. The van der Waals surface area contributed by atoms with Crippen molar-refractivity contribution in [3.05, 3.63) is 11.1 Å². The Kier molecular flexibility index (Phi) is 5.94. The molecule has 0 aliphatic carbocycles. The number of hydrogen-bond donors (Lipinski definition) is 2. The van der Waals surface area contributed by atoms with Crippen LogP contribution in [0.2, 0.25) is 0 Å². The maximum absolute atomic E-state index is 12.1. The van der Waals surface area contributed by atoms with Gasteiger partial charge in [0.25, 0.3) is 0 Å². The molecule has 1 unspecified atom stereocenters. The molecule has 1 saturated heterocycles. The first-order valence-electron chi connectivity index (χ1n) is 7.35. The fourth-order valence-corrected chi connectivity index (χ4v) is 3.25. The molecule has 1 fully saturated rings. The molecule has 2 N–H and O–H groups in total. The lowest BCUT2D eigenvalue weighted by Crippen LogP contribution is -2.41. The van der Waals surface area contributed by atoms with Crippen LogP contribution in [0.25, 0.3) is 0 Å². The van der Waals surface area contributed by atoms with Crippen molar-refractivity contribution in [3.8, 4) is 0 Å². The van der Waals surface area contributed by atoms with Gasteiger partial charge in [0.2, 0.25) is 5.91 Å². The number of thiazole rings is 1. The van der Waals surface area contributed by atoms with E-state index >= 15 is 0 Å². The van der Waals surface area contributed by atoms with Crippen LogP contribution < -0.4 is 10.6 Å². The van der Waals surface area contributed by atoms with Gasteiger partial charge in [0.05, 0.1) is 12.2 Å². The molecule has 0 aromatic carbocycles. The average Bonchev–Trinajstić information content (AvgIpc) is 3.01. The Hall–Kier alpha value is -0.980. The number of anilines is 1. The van der Waals surface area contributed by atoms with Crippen molar-refractivity contribution in [2.45, 2.75) is 39.2 Å². The van der Waals surface area contributed by atoms with Gasteiger partial charge in [-0.05, 0) is 39.3 Å². The first kappa shape index (κ1) is 15.4. The molecule has 0 bridgehead atoms. The lowest BCUT2D eigenvalue weighted by atomic mass is 10.2. The number of nitrogens with zero attached hydrogens (tertiary/aromatic N) is 2. The van der Waals surface area contributed by atoms with Gasteiger partial charge in [-0.1, -0.05) is 6.92 Å². The summed E-state index contributed by atoms with van der Waals surface area (Å²) in [6.45, 7) is 7.55. The fourth-order valence-electron chi connectivity index (χ4n) is 2.55. The normalized spacial score (nSPS) is 18.6. The third-order valence-corrected chi connectivity index (χ3v) is 4.29. The summed E-state index contributed by atoms with van der Waals surface area (Å²) in [6, 6.07) is 0.538. The van der Waals surface area contributed by atoms with E-state index in [1.807, 2.05) is 12.3 Å². The Morgan fingerprint density at radius 3 is 3.10 bits per heavy atom. The summed E-state index contributed by atoms with van der Waals surface area (Å²) in [4.78, 5) is 18.6. The zero-order valence-electron chi connectivity index (χ0n) is 12.3. The minimum atomic E-state index is 0.0331. The number of hydrogen-bond acceptors (Lipinski definition) is 5. The maximum Gasteiger partial charge on any atom is 0.240 e. The highest BCUT2D eigenvalue weighted by Gasteiger charge is 2.19. The summed E-state index contributed by atoms with van der Waals surface area (Å²) in [5.74, 6) is 0.0331. The summed E-state index contributed by atoms with van der Waals surface area (Å²) >= 11 is 1.48. The average molecular weight is 296 g/mol. The zero-order valence-corrected chi connectivity index (χ0v) is 13.1. The van der Waals surface area contributed by atoms with Gasteiger partial charge < -0.3 is 10.6 Å². The molecule has 1 aliphatic rings. The Balaban J connectivity index is 1.81. The number of carbonyl (C=O) groups excluding carboxylic acids is 1. The fraction of sp³-hybridized carbons (Fsp3) is 0.714. The van der Waals surface area contributed by atoms with Crippen LogP contribution in [-0.2, 0) is 4.79 Å². The molecular formula is C14H24N4OS. The first-order chi connectivity index (χ1) is 9.67. The molecule has 1 aliphatic heterocycles. The zero-order chi connectivity index (χ0) is 14.4. The van der Waals surface area contributed by atoms with E-state index in [1.54, 1.807) is 0 Å². The van der Waals surface area contributed by atoms with Gasteiger partial charge in [0.1, 0.15) is 0 Å². The maximum atomic E-state index is 12.1. The number of aromatic nitrogens is 1. The quantitative estimate of drug-likeness (QED) is 0.806. The Morgan fingerprint density at radius 1 is 1.65 bits per heavy atom. The van der Waals surface area contributed by atoms with Gasteiger partial charge in [-0.15, -0.1) is 11.3 Å². The molecule has 20 heavy (non-hydrogen) atoms. The lowest BCUT2D eigenvalue weighted by Gasteiger charge is -2.24. The van der Waals surface area contributed by atoms with E-state index in [1.165, 1.54) is 24.2 Å². The molecule has 0 spiro atoms. The second-order valence-electron chi connectivity index (χ2n) is 5.37. The van der Waals surface area contributed by atoms with Crippen molar-refractivity contribution in [2.75, 3.05) is 31.5 Å². The van der Waals surface area contributed by atoms with E-state index in [-0.39, 0.29) is 5.91 Å². The standard InChI is InChI=1S/C14H24N4OS/c1-3-7-18(8-12-5-4-6-15-12)9-13(19)17-14-16-11(2)10-20-14/h10,12,15H,3-9H2,1-2H3,(H,16,17,19). The predicted octanol–water partition coefficient (Wildman–Crippen LogP) is 1.85. The van der Waals surface area contributed by atoms with Crippen LogP contribution in [0.1, 0.15) is 31.9 Å². The van der Waals surface area contributed by atoms with Crippen molar-refractivity contribution in [1.29, 1.82) is 0 Å². The number of rotatable bonds is 7. The Morgan fingerprint density at radius 2 is 2.50 bits per heavy atom. The van der Waals surface area contributed by atoms with Crippen LogP contribution in [0, 0.1) is 6.92 Å². The third-order valence-electron chi connectivity index (χ3n) is 3.41. The largest absolute Gasteiger partial charge is 0.313 e. The third kappa shape index (κ3) is 4.85. The molecular weight excluding hydrogens is 272 g/mol. The second kappa shape index (κ2) is 7.71. The predicted molar refractivity (Wildman–Crippen MR) is 83.2 cm³/mol. The van der Waals surface area contributed by atoms with E-state index in [9.17, 15) is 4.79 Å². The minimum absolute atomic E-state index is 0.0331. The Bertz CT molecular complexity index is 429. The van der Waals surface area contributed by atoms with Gasteiger partial charge in [-0.2, -0.15) is 0 Å². The molecule has 1 aromatic heterocycles. The van der Waals surface area contributed by atoms with Gasteiger partial charge in [0, 0.05) is 18.0 Å². The summed E-state index contributed by atoms with van der Waals surface area (Å²) in [6.07, 6.45) is 3.53. The number of carbonyl (C=O) groups is 1. The van der Waals surface area contributed by atoms with Crippen LogP contribution in [0.3, 0.4) is 0 Å². The minimum Gasteiger partial charge on any atom is -0.313 e. The highest BCUT2D eigenvalue weighted by atomic mass is 32.1.